The summed E-state index contributed by atoms with van der Waals surface area (Å²) in [4.78, 5) is 30.0. The first-order chi connectivity index (χ1) is 16.1. The van der Waals surface area contributed by atoms with Crippen LogP contribution in [-0.4, -0.2) is 48.6 Å². The molecule has 2 aliphatic heterocycles. The zero-order valence-electron chi connectivity index (χ0n) is 17.6. The first-order valence-corrected chi connectivity index (χ1v) is 11.1. The predicted octanol–water partition coefficient (Wildman–Crippen LogP) is 4.56. The number of amidine groups is 1. The lowest BCUT2D eigenvalue weighted by atomic mass is 10.1. The van der Waals surface area contributed by atoms with Gasteiger partial charge in [0.1, 0.15) is 5.75 Å². The number of thioether (sulfide) groups is 1. The molecule has 0 unspecified atom stereocenters. The number of methoxy groups -OCH3 is 1. The Bertz CT molecular complexity index is 1220. The van der Waals surface area contributed by atoms with E-state index in [4.69, 9.17) is 21.1 Å². The average Bonchev–Trinajstić information content (AvgIpc) is 3.15. The molecule has 2 aliphatic rings. The van der Waals surface area contributed by atoms with E-state index in [1.54, 1.807) is 17.0 Å². The van der Waals surface area contributed by atoms with Crippen molar-refractivity contribution in [2.75, 3.05) is 26.7 Å². The van der Waals surface area contributed by atoms with E-state index >= 15 is 0 Å². The summed E-state index contributed by atoms with van der Waals surface area (Å²) in [5.41, 5.74) is -0.461. The highest BCUT2D eigenvalue weighted by atomic mass is 35.5. The van der Waals surface area contributed by atoms with Crippen LogP contribution in [0.3, 0.4) is 0 Å². The Morgan fingerprint density at radius 3 is 2.62 bits per heavy atom. The lowest BCUT2D eigenvalue weighted by Crippen LogP contribution is -2.49. The molecule has 7 nitrogen and oxygen atoms in total. The van der Waals surface area contributed by atoms with Crippen molar-refractivity contribution in [1.82, 2.24) is 10.2 Å². The number of carbonyl (C=O) groups is 2. The molecule has 0 aliphatic carbocycles. The van der Waals surface area contributed by atoms with Gasteiger partial charge in [0.2, 0.25) is 5.91 Å². The van der Waals surface area contributed by atoms with Crippen molar-refractivity contribution in [2.24, 2.45) is 4.99 Å². The highest BCUT2D eigenvalue weighted by molar-refractivity contribution is 8.18. The first-order valence-electron chi connectivity index (χ1n) is 9.91. The molecule has 12 heteroatoms. The molecule has 2 aromatic rings. The normalized spacial score (nSPS) is 17.6. The fraction of sp³-hybridized carbons (Fsp3) is 0.227. The van der Waals surface area contributed by atoms with E-state index in [9.17, 15) is 22.8 Å². The van der Waals surface area contributed by atoms with Crippen LogP contribution in [0.15, 0.2) is 46.3 Å². The number of alkyl halides is 3. The Kier molecular flexibility index (Phi) is 6.76. The fourth-order valence-electron chi connectivity index (χ4n) is 3.28. The smallest absolute Gasteiger partial charge is 0.420 e. The third-order valence-electron chi connectivity index (χ3n) is 4.87. The molecule has 1 N–H and O–H groups in total. The third-order valence-corrected chi connectivity index (χ3v) is 6.15. The molecule has 0 spiro atoms. The Labute approximate surface area is 201 Å². The third kappa shape index (κ3) is 5.31. The molecular weight excluding hydrogens is 495 g/mol. The zero-order valence-corrected chi connectivity index (χ0v) is 19.2. The summed E-state index contributed by atoms with van der Waals surface area (Å²) in [7, 11) is 1.35. The number of nitrogens with zero attached hydrogens (tertiary/aromatic N) is 2. The van der Waals surface area contributed by atoms with Crippen LogP contribution in [0, 0.1) is 0 Å². The number of rotatable bonds is 4. The molecule has 1 saturated heterocycles. The molecule has 2 heterocycles. The van der Waals surface area contributed by atoms with Crippen LogP contribution in [0.25, 0.3) is 6.08 Å². The minimum absolute atomic E-state index is 0.0548. The number of piperazine rings is 1. The number of nitrogens with one attached hydrogen (secondary N) is 1. The number of carbonyl (C=O) groups excluding carboxylic acids is 2. The highest BCUT2D eigenvalue weighted by Gasteiger charge is 2.35. The summed E-state index contributed by atoms with van der Waals surface area (Å²) in [6.45, 7) is 1.13. The van der Waals surface area contributed by atoms with E-state index in [1.165, 1.54) is 25.3 Å². The minimum atomic E-state index is -4.66. The van der Waals surface area contributed by atoms with Gasteiger partial charge in [0.25, 0.3) is 5.91 Å². The molecular formula is C22H17ClF3N3O4S. The van der Waals surface area contributed by atoms with Crippen molar-refractivity contribution in [2.45, 2.75) is 6.18 Å². The molecule has 1 fully saturated rings. The lowest BCUT2D eigenvalue weighted by Gasteiger charge is -2.27. The largest absolute Gasteiger partial charge is 0.493 e. The van der Waals surface area contributed by atoms with Gasteiger partial charge in [0.05, 0.1) is 24.1 Å². The summed E-state index contributed by atoms with van der Waals surface area (Å²) in [5, 5.41) is 3.08. The van der Waals surface area contributed by atoms with E-state index in [2.05, 4.69) is 10.3 Å². The molecule has 178 valence electrons. The second-order valence-corrected chi connectivity index (χ2v) is 8.68. The molecule has 0 aromatic heterocycles. The van der Waals surface area contributed by atoms with Crippen molar-refractivity contribution >= 4 is 46.4 Å². The first kappa shape index (κ1) is 24.0. The van der Waals surface area contributed by atoms with Crippen molar-refractivity contribution < 1.29 is 32.2 Å². The van der Waals surface area contributed by atoms with Gasteiger partial charge >= 0.3 is 6.18 Å². The zero-order chi connectivity index (χ0) is 24.5. The Balaban J connectivity index is 1.55. The maximum Gasteiger partial charge on any atom is 0.420 e. The number of hydrogen-bond acceptors (Lipinski definition) is 6. The summed E-state index contributed by atoms with van der Waals surface area (Å²) < 4.78 is 50.9. The quantitative estimate of drug-likeness (QED) is 0.606. The average molecular weight is 512 g/mol. The number of aliphatic imine (C=N–C) groups is 1. The number of hydrogen-bond donors (Lipinski definition) is 1. The van der Waals surface area contributed by atoms with Crippen molar-refractivity contribution in [3.8, 4) is 17.2 Å². The van der Waals surface area contributed by atoms with Crippen molar-refractivity contribution in [3.63, 3.8) is 0 Å². The molecule has 34 heavy (non-hydrogen) atoms. The lowest BCUT2D eigenvalue weighted by molar-refractivity contribution is -0.138. The topological polar surface area (TPSA) is 80.2 Å². The second kappa shape index (κ2) is 9.59. The Hall–Kier alpha value is -3.18. The van der Waals surface area contributed by atoms with Crippen LogP contribution < -0.4 is 14.8 Å². The van der Waals surface area contributed by atoms with Crippen molar-refractivity contribution in [3.05, 3.63) is 57.5 Å². The van der Waals surface area contributed by atoms with Gasteiger partial charge in [-0.25, -0.2) is 0 Å². The fourth-order valence-corrected chi connectivity index (χ4v) is 4.39. The number of amides is 2. The molecule has 0 radical (unpaired) electrons. The highest BCUT2D eigenvalue weighted by Crippen LogP contribution is 2.42. The SMILES string of the molecule is COc1cc(/C=C2\SC(N3CCNC(=O)C3)=NC2=O)ccc1Oc1ccc(Cl)cc1C(F)(F)F. The summed E-state index contributed by atoms with van der Waals surface area (Å²) in [6, 6.07) is 7.77. The number of ether oxygens (including phenoxy) is 2. The van der Waals surface area contributed by atoms with E-state index in [1.807, 2.05) is 0 Å². The van der Waals surface area contributed by atoms with Crippen molar-refractivity contribution in [1.29, 1.82) is 0 Å². The van der Waals surface area contributed by atoms with Gasteiger partial charge in [-0.1, -0.05) is 17.7 Å². The summed E-state index contributed by atoms with van der Waals surface area (Å²) >= 11 is 6.86. The maximum atomic E-state index is 13.4. The van der Waals surface area contributed by atoms with E-state index < -0.39 is 23.4 Å². The molecule has 2 amide bonds. The molecule has 0 saturated carbocycles. The van der Waals surface area contributed by atoms with E-state index in [-0.39, 0.29) is 29.0 Å². The predicted molar refractivity (Wildman–Crippen MR) is 122 cm³/mol. The minimum Gasteiger partial charge on any atom is -0.493 e. The molecule has 0 atom stereocenters. The van der Waals surface area contributed by atoms with Crippen LogP contribution in [0.1, 0.15) is 11.1 Å². The van der Waals surface area contributed by atoms with Gasteiger partial charge in [-0.05, 0) is 53.7 Å². The maximum absolute atomic E-state index is 13.4. The van der Waals surface area contributed by atoms with Gasteiger partial charge in [-0.15, -0.1) is 0 Å². The number of halogens is 4. The Morgan fingerprint density at radius 1 is 1.15 bits per heavy atom. The van der Waals surface area contributed by atoms with Crippen LogP contribution in [-0.2, 0) is 15.8 Å². The van der Waals surface area contributed by atoms with Gasteiger partial charge < -0.3 is 19.7 Å². The monoisotopic (exact) mass is 511 g/mol. The van der Waals surface area contributed by atoms with Crippen LogP contribution in [0.2, 0.25) is 5.02 Å². The molecule has 0 bridgehead atoms. The second-order valence-electron chi connectivity index (χ2n) is 7.23. The molecule has 2 aromatic carbocycles. The van der Waals surface area contributed by atoms with Crippen LogP contribution in [0.4, 0.5) is 13.2 Å². The van der Waals surface area contributed by atoms with Gasteiger partial charge in [0, 0.05) is 18.1 Å². The van der Waals surface area contributed by atoms with Gasteiger partial charge in [0.15, 0.2) is 16.7 Å². The van der Waals surface area contributed by atoms with Crippen LogP contribution in [0.5, 0.6) is 17.2 Å². The van der Waals surface area contributed by atoms with E-state index in [0.29, 0.717) is 28.7 Å². The molecule has 4 rings (SSSR count). The number of benzene rings is 2. The summed E-state index contributed by atoms with van der Waals surface area (Å²) in [5.74, 6) is -0.789. The van der Waals surface area contributed by atoms with Crippen LogP contribution >= 0.6 is 23.4 Å². The van der Waals surface area contributed by atoms with Gasteiger partial charge in [-0.2, -0.15) is 18.2 Å². The Morgan fingerprint density at radius 2 is 1.91 bits per heavy atom. The summed E-state index contributed by atoms with van der Waals surface area (Å²) in [6.07, 6.45) is -3.08. The standard InChI is InChI=1S/C22H17ClF3N3O4S/c1-32-17-8-12(9-18-20(31)28-21(34-18)29-7-6-27-19(30)11-29)2-4-16(17)33-15-5-3-13(23)10-14(15)22(24,25)26/h2-5,8-10H,6-7,11H2,1H3,(H,27,30)/b18-9-. The van der Waals surface area contributed by atoms with E-state index in [0.717, 1.165) is 23.9 Å². The van der Waals surface area contributed by atoms with Gasteiger partial charge in [-0.3, -0.25) is 9.59 Å².